The summed E-state index contributed by atoms with van der Waals surface area (Å²) in [6, 6.07) is 5.86. The maximum atomic E-state index is 14.1. The van der Waals surface area contributed by atoms with Gasteiger partial charge in [0, 0.05) is 32.7 Å². The molecule has 3 rings (SSSR count). The van der Waals surface area contributed by atoms with Crippen LogP contribution in [-0.4, -0.2) is 45.8 Å². The van der Waals surface area contributed by atoms with E-state index in [2.05, 4.69) is 5.32 Å². The smallest absolute Gasteiger partial charge is 0.370 e. The molecule has 0 saturated carbocycles. The van der Waals surface area contributed by atoms with Crippen molar-refractivity contribution >= 4 is 27.3 Å². The van der Waals surface area contributed by atoms with Crippen LogP contribution in [0, 0.1) is 5.82 Å². The molecule has 0 bridgehead atoms. The van der Waals surface area contributed by atoms with Crippen LogP contribution in [0.4, 0.5) is 28.9 Å². The zero-order chi connectivity index (χ0) is 23.0. The zero-order valence-electron chi connectivity index (χ0n) is 16.8. The highest BCUT2D eigenvalue weighted by Crippen LogP contribution is 2.36. The maximum Gasteiger partial charge on any atom is 0.416 e. The van der Waals surface area contributed by atoms with Crippen LogP contribution in [0.25, 0.3) is 0 Å². The molecule has 31 heavy (non-hydrogen) atoms. The Labute approximate surface area is 177 Å². The third-order valence-corrected chi connectivity index (χ3v) is 6.80. The third-order valence-electron chi connectivity index (χ3n) is 4.97. The summed E-state index contributed by atoms with van der Waals surface area (Å²) >= 11 is 0. The Balaban J connectivity index is 1.99. The lowest BCUT2D eigenvalue weighted by atomic mass is 10.1. The van der Waals surface area contributed by atoms with Gasteiger partial charge in [-0.2, -0.15) is 13.2 Å². The number of nitrogens with zero attached hydrogens (tertiary/aromatic N) is 2. The van der Waals surface area contributed by atoms with E-state index in [-0.39, 0.29) is 11.3 Å². The van der Waals surface area contributed by atoms with Gasteiger partial charge in [0.15, 0.2) is 0 Å². The predicted molar refractivity (Wildman–Crippen MR) is 108 cm³/mol. The summed E-state index contributed by atoms with van der Waals surface area (Å²) in [5.41, 5.74) is -0.752. The second kappa shape index (κ2) is 8.46. The maximum absolute atomic E-state index is 14.1. The number of anilines is 2. The molecule has 0 unspecified atom stereocenters. The number of carbonyl (C=O) groups excluding carboxylic acids is 1. The number of carbonyl (C=O) groups is 1. The van der Waals surface area contributed by atoms with Gasteiger partial charge in [0.1, 0.15) is 10.7 Å². The third kappa shape index (κ3) is 4.82. The average molecular weight is 459 g/mol. The van der Waals surface area contributed by atoms with Gasteiger partial charge in [0.2, 0.25) is 10.0 Å². The fourth-order valence-electron chi connectivity index (χ4n) is 3.28. The molecule has 1 fully saturated rings. The molecule has 1 aliphatic heterocycles. The Morgan fingerprint density at radius 1 is 1.06 bits per heavy atom. The van der Waals surface area contributed by atoms with E-state index < -0.39 is 38.4 Å². The van der Waals surface area contributed by atoms with E-state index in [1.807, 2.05) is 4.90 Å². The van der Waals surface area contributed by atoms with Crippen LogP contribution < -0.4 is 10.2 Å². The van der Waals surface area contributed by atoms with Crippen LogP contribution in [0.1, 0.15) is 28.8 Å². The van der Waals surface area contributed by atoms with Crippen LogP contribution in [0.3, 0.4) is 0 Å². The highest BCUT2D eigenvalue weighted by molar-refractivity contribution is 7.89. The molecule has 1 N–H and O–H groups in total. The summed E-state index contributed by atoms with van der Waals surface area (Å²) in [5.74, 6) is -1.89. The number of rotatable bonds is 5. The molecule has 6 nitrogen and oxygen atoms in total. The van der Waals surface area contributed by atoms with Crippen LogP contribution >= 0.6 is 0 Å². The molecule has 1 heterocycles. The lowest BCUT2D eigenvalue weighted by Gasteiger charge is -2.23. The Bertz CT molecular complexity index is 1100. The molecule has 0 spiro atoms. The molecule has 11 heteroatoms. The predicted octanol–water partition coefficient (Wildman–Crippen LogP) is 3.95. The molecule has 1 aliphatic rings. The van der Waals surface area contributed by atoms with Crippen molar-refractivity contribution in [2.45, 2.75) is 23.9 Å². The number of benzene rings is 2. The lowest BCUT2D eigenvalue weighted by molar-refractivity contribution is -0.137. The SMILES string of the molecule is CN(C)S(=O)(=O)c1cc(C(=O)Nc2cc(C(F)(F)F)ccc2N2CCCC2)ccc1F. The minimum atomic E-state index is -4.61. The van der Waals surface area contributed by atoms with Gasteiger partial charge in [0.05, 0.1) is 16.9 Å². The Hall–Kier alpha value is -2.66. The van der Waals surface area contributed by atoms with E-state index in [0.717, 1.165) is 47.5 Å². The van der Waals surface area contributed by atoms with E-state index in [9.17, 15) is 30.8 Å². The van der Waals surface area contributed by atoms with E-state index >= 15 is 0 Å². The van der Waals surface area contributed by atoms with E-state index in [4.69, 9.17) is 0 Å². The summed E-state index contributed by atoms with van der Waals surface area (Å²) in [4.78, 5) is 13.9. The second-order valence-corrected chi connectivity index (χ2v) is 9.43. The van der Waals surface area contributed by atoms with Crippen LogP contribution in [0.5, 0.6) is 0 Å². The van der Waals surface area contributed by atoms with Crippen molar-refractivity contribution in [3.05, 3.63) is 53.3 Å². The van der Waals surface area contributed by atoms with Crippen molar-refractivity contribution in [3.8, 4) is 0 Å². The van der Waals surface area contributed by atoms with Crippen LogP contribution in [0.2, 0.25) is 0 Å². The quantitative estimate of drug-likeness (QED) is 0.688. The van der Waals surface area contributed by atoms with Gasteiger partial charge in [-0.25, -0.2) is 17.1 Å². The van der Waals surface area contributed by atoms with Crippen molar-refractivity contribution in [1.29, 1.82) is 0 Å². The minimum absolute atomic E-state index is 0.0527. The van der Waals surface area contributed by atoms with Gasteiger partial charge in [-0.3, -0.25) is 4.79 Å². The molecule has 2 aromatic rings. The van der Waals surface area contributed by atoms with Crippen molar-refractivity contribution in [2.24, 2.45) is 0 Å². The van der Waals surface area contributed by atoms with Gasteiger partial charge in [-0.15, -0.1) is 0 Å². The van der Waals surface area contributed by atoms with Crippen molar-refractivity contribution in [3.63, 3.8) is 0 Å². The van der Waals surface area contributed by atoms with Crippen molar-refractivity contribution < 1.29 is 30.8 Å². The second-order valence-electron chi connectivity index (χ2n) is 7.31. The summed E-state index contributed by atoms with van der Waals surface area (Å²) < 4.78 is 79.1. The van der Waals surface area contributed by atoms with Crippen molar-refractivity contribution in [2.75, 3.05) is 37.4 Å². The summed E-state index contributed by atoms with van der Waals surface area (Å²) in [6.45, 7) is 1.27. The normalized spacial score (nSPS) is 14.9. The van der Waals surface area contributed by atoms with Gasteiger partial charge in [-0.05, 0) is 49.2 Å². The number of halogens is 4. The van der Waals surface area contributed by atoms with Crippen LogP contribution in [-0.2, 0) is 16.2 Å². The van der Waals surface area contributed by atoms with Crippen molar-refractivity contribution in [1.82, 2.24) is 4.31 Å². The van der Waals surface area contributed by atoms with E-state index in [1.54, 1.807) is 0 Å². The highest BCUT2D eigenvalue weighted by atomic mass is 32.2. The lowest BCUT2D eigenvalue weighted by Crippen LogP contribution is -2.24. The molecule has 0 aromatic heterocycles. The van der Waals surface area contributed by atoms with Gasteiger partial charge in [0.25, 0.3) is 5.91 Å². The van der Waals surface area contributed by atoms with E-state index in [1.165, 1.54) is 20.2 Å². The number of hydrogen-bond donors (Lipinski definition) is 1. The first-order valence-electron chi connectivity index (χ1n) is 9.41. The first-order chi connectivity index (χ1) is 14.4. The Morgan fingerprint density at radius 2 is 1.71 bits per heavy atom. The van der Waals surface area contributed by atoms with Gasteiger partial charge in [-0.1, -0.05) is 0 Å². The molecular weight excluding hydrogens is 438 g/mol. The Kier molecular flexibility index (Phi) is 6.28. The molecular formula is C20H21F4N3O3S. The first-order valence-corrected chi connectivity index (χ1v) is 10.8. The average Bonchev–Trinajstić information content (AvgIpc) is 3.21. The topological polar surface area (TPSA) is 69.7 Å². The molecule has 0 atom stereocenters. The molecule has 1 saturated heterocycles. The van der Waals surface area contributed by atoms with Crippen LogP contribution in [0.15, 0.2) is 41.3 Å². The molecule has 0 radical (unpaired) electrons. The molecule has 2 aromatic carbocycles. The van der Waals surface area contributed by atoms with E-state index in [0.29, 0.717) is 18.8 Å². The monoisotopic (exact) mass is 459 g/mol. The number of nitrogens with one attached hydrogen (secondary N) is 1. The number of amides is 1. The number of hydrogen-bond acceptors (Lipinski definition) is 4. The molecule has 1 amide bonds. The van der Waals surface area contributed by atoms with Gasteiger partial charge < -0.3 is 10.2 Å². The minimum Gasteiger partial charge on any atom is -0.370 e. The summed E-state index contributed by atoms with van der Waals surface area (Å²) in [6.07, 6.45) is -2.86. The highest BCUT2D eigenvalue weighted by Gasteiger charge is 2.32. The summed E-state index contributed by atoms with van der Waals surface area (Å²) in [7, 11) is -1.73. The number of alkyl halides is 3. The standard InChI is InChI=1S/C20H21F4N3O3S/c1-26(2)31(29,30)18-11-13(5-7-15(18)21)19(28)25-16-12-14(20(22,23)24)6-8-17(16)27-9-3-4-10-27/h5-8,11-12H,3-4,9-10H2,1-2H3,(H,25,28). The summed E-state index contributed by atoms with van der Waals surface area (Å²) in [5, 5.41) is 2.43. The number of sulfonamides is 1. The fourth-order valence-corrected chi connectivity index (χ4v) is 4.26. The molecule has 0 aliphatic carbocycles. The first kappa shape index (κ1) is 23.0. The zero-order valence-corrected chi connectivity index (χ0v) is 17.6. The largest absolute Gasteiger partial charge is 0.416 e. The van der Waals surface area contributed by atoms with Gasteiger partial charge >= 0.3 is 6.18 Å². The Morgan fingerprint density at radius 3 is 2.29 bits per heavy atom. The molecule has 168 valence electrons. The fraction of sp³-hybridized carbons (Fsp3) is 0.350.